The monoisotopic (exact) mass is 542 g/mol. The van der Waals surface area contributed by atoms with Crippen LogP contribution in [0.1, 0.15) is 15.9 Å². The summed E-state index contributed by atoms with van der Waals surface area (Å²) in [7, 11) is 2.96. The van der Waals surface area contributed by atoms with Crippen molar-refractivity contribution >= 4 is 16.7 Å². The van der Waals surface area contributed by atoms with Gasteiger partial charge in [-0.05, 0) is 35.2 Å². The van der Waals surface area contributed by atoms with E-state index in [9.17, 15) is 25.2 Å². The Labute approximate surface area is 221 Å². The van der Waals surface area contributed by atoms with E-state index in [0.29, 0.717) is 50.5 Å². The van der Waals surface area contributed by atoms with Crippen LogP contribution in [-0.2, 0) is 16.1 Å². The standard InChI is InChI=1S/C27H26O12/c1-33-16-6-12-13(7-17(16)34-2)25(39-27-24(31)23(30)22(29)19(8-28)38-27)14-9-35-26(32)21(14)20(12)11-3-4-15-18(5-11)37-10-36-15/h3-7,19,22-24,27-31H,8-10H2,1-2H3. The van der Waals surface area contributed by atoms with Crippen molar-refractivity contribution in [2.75, 3.05) is 27.6 Å². The van der Waals surface area contributed by atoms with Crippen LogP contribution >= 0.6 is 0 Å². The van der Waals surface area contributed by atoms with E-state index < -0.39 is 43.3 Å². The van der Waals surface area contributed by atoms with Crippen molar-refractivity contribution < 1.29 is 58.4 Å². The van der Waals surface area contributed by atoms with Crippen molar-refractivity contribution in [1.82, 2.24) is 0 Å². The molecule has 3 aliphatic heterocycles. The molecule has 12 heteroatoms. The number of ether oxygens (including phenoxy) is 7. The minimum Gasteiger partial charge on any atom is -0.493 e. The summed E-state index contributed by atoms with van der Waals surface area (Å²) in [6, 6.07) is 8.66. The zero-order valence-electron chi connectivity index (χ0n) is 20.9. The summed E-state index contributed by atoms with van der Waals surface area (Å²) in [4.78, 5) is 13.1. The Kier molecular flexibility index (Phi) is 6.36. The molecule has 0 bridgehead atoms. The smallest absolute Gasteiger partial charge is 0.339 e. The Morgan fingerprint density at radius 3 is 2.31 bits per heavy atom. The normalized spacial score (nSPS) is 25.4. The molecule has 3 heterocycles. The maximum atomic E-state index is 13.1. The van der Waals surface area contributed by atoms with Crippen molar-refractivity contribution in [2.24, 2.45) is 0 Å². The van der Waals surface area contributed by atoms with Crippen LogP contribution in [-0.4, -0.2) is 84.7 Å². The molecule has 39 heavy (non-hydrogen) atoms. The molecular formula is C27H26O12. The second kappa shape index (κ2) is 9.74. The van der Waals surface area contributed by atoms with Gasteiger partial charge >= 0.3 is 5.97 Å². The summed E-state index contributed by atoms with van der Waals surface area (Å²) in [5, 5.41) is 41.8. The molecule has 5 atom stereocenters. The van der Waals surface area contributed by atoms with Gasteiger partial charge in [0, 0.05) is 16.5 Å². The molecule has 3 aliphatic rings. The summed E-state index contributed by atoms with van der Waals surface area (Å²) in [6.07, 6.45) is -7.56. The Balaban J connectivity index is 1.59. The van der Waals surface area contributed by atoms with E-state index in [0.717, 1.165) is 0 Å². The Bertz CT molecular complexity index is 1450. The maximum absolute atomic E-state index is 13.1. The Hall–Kier alpha value is -3.81. The van der Waals surface area contributed by atoms with Gasteiger partial charge in [-0.1, -0.05) is 6.07 Å². The topological polar surface area (TPSA) is 163 Å². The molecule has 0 spiro atoms. The van der Waals surface area contributed by atoms with Gasteiger partial charge in [-0.2, -0.15) is 0 Å². The quantitative estimate of drug-likeness (QED) is 0.329. The van der Waals surface area contributed by atoms with E-state index in [-0.39, 0.29) is 24.7 Å². The number of esters is 1. The minimum atomic E-state index is -1.67. The second-order valence-electron chi connectivity index (χ2n) is 9.27. The number of aliphatic hydroxyl groups excluding tert-OH is 4. The molecule has 1 saturated heterocycles. The van der Waals surface area contributed by atoms with Gasteiger partial charge in [0.2, 0.25) is 13.1 Å². The van der Waals surface area contributed by atoms with E-state index in [2.05, 4.69) is 0 Å². The number of methoxy groups -OCH3 is 2. The first kappa shape index (κ1) is 25.5. The molecule has 5 unspecified atom stereocenters. The molecule has 0 aromatic heterocycles. The summed E-state index contributed by atoms with van der Waals surface area (Å²) in [5.74, 6) is 1.39. The van der Waals surface area contributed by atoms with Gasteiger partial charge < -0.3 is 53.6 Å². The van der Waals surface area contributed by atoms with Crippen LogP contribution in [0.4, 0.5) is 0 Å². The molecule has 0 saturated carbocycles. The molecule has 3 aromatic carbocycles. The van der Waals surface area contributed by atoms with Gasteiger partial charge in [0.05, 0.1) is 26.4 Å². The number of fused-ring (bicyclic) bond motifs is 3. The van der Waals surface area contributed by atoms with E-state index in [1.807, 2.05) is 0 Å². The first-order valence-electron chi connectivity index (χ1n) is 12.1. The summed E-state index contributed by atoms with van der Waals surface area (Å²) >= 11 is 0. The predicted octanol–water partition coefficient (Wildman–Crippen LogP) is 1.10. The summed E-state index contributed by atoms with van der Waals surface area (Å²) < 4.78 is 39.2. The van der Waals surface area contributed by atoms with Crippen LogP contribution < -0.4 is 23.7 Å². The Morgan fingerprint density at radius 1 is 0.872 bits per heavy atom. The fourth-order valence-corrected chi connectivity index (χ4v) is 5.18. The third-order valence-electron chi connectivity index (χ3n) is 7.16. The van der Waals surface area contributed by atoms with Gasteiger partial charge in [-0.25, -0.2) is 4.79 Å². The molecule has 0 amide bonds. The molecule has 12 nitrogen and oxygen atoms in total. The highest BCUT2D eigenvalue weighted by Gasteiger charge is 2.45. The zero-order chi connectivity index (χ0) is 27.4. The minimum absolute atomic E-state index is 0.0799. The van der Waals surface area contributed by atoms with Crippen molar-refractivity contribution in [1.29, 1.82) is 0 Å². The van der Waals surface area contributed by atoms with Crippen molar-refractivity contribution in [2.45, 2.75) is 37.3 Å². The lowest BCUT2D eigenvalue weighted by atomic mass is 9.89. The highest BCUT2D eigenvalue weighted by molar-refractivity contribution is 6.14. The summed E-state index contributed by atoms with van der Waals surface area (Å²) in [5.41, 5.74) is 1.78. The van der Waals surface area contributed by atoms with Crippen molar-refractivity contribution in [3.8, 4) is 39.9 Å². The number of carbonyl (C=O) groups is 1. The third kappa shape index (κ3) is 3.99. The number of benzene rings is 3. The largest absolute Gasteiger partial charge is 0.493 e. The number of cyclic esters (lactones) is 1. The molecule has 6 rings (SSSR count). The van der Waals surface area contributed by atoms with Crippen LogP contribution in [0.25, 0.3) is 21.9 Å². The SMILES string of the molecule is COc1cc2c(OC3OC(CO)C(O)C(O)C3O)c3c(c(-c4ccc5c(c4)OCO5)c2cc1OC)C(=O)OC3. The van der Waals surface area contributed by atoms with Crippen LogP contribution in [0.2, 0.25) is 0 Å². The summed E-state index contributed by atoms with van der Waals surface area (Å²) in [6.45, 7) is -0.682. The fraction of sp³-hybridized carbons (Fsp3) is 0.370. The van der Waals surface area contributed by atoms with Crippen LogP contribution in [0.5, 0.6) is 28.7 Å². The molecule has 3 aromatic rings. The number of hydrogen-bond donors (Lipinski definition) is 4. The first-order valence-corrected chi connectivity index (χ1v) is 12.1. The van der Waals surface area contributed by atoms with Crippen LogP contribution in [0.3, 0.4) is 0 Å². The molecular weight excluding hydrogens is 516 g/mol. The molecule has 206 valence electrons. The zero-order valence-corrected chi connectivity index (χ0v) is 20.9. The Morgan fingerprint density at radius 2 is 1.59 bits per heavy atom. The van der Waals surface area contributed by atoms with Gasteiger partial charge in [0.1, 0.15) is 36.8 Å². The van der Waals surface area contributed by atoms with E-state index >= 15 is 0 Å². The number of hydrogen-bond acceptors (Lipinski definition) is 12. The average molecular weight is 542 g/mol. The fourth-order valence-electron chi connectivity index (χ4n) is 5.18. The van der Waals surface area contributed by atoms with Crippen LogP contribution in [0.15, 0.2) is 30.3 Å². The number of aliphatic hydroxyl groups is 4. The lowest BCUT2D eigenvalue weighted by Gasteiger charge is -2.39. The van der Waals surface area contributed by atoms with Crippen LogP contribution in [0, 0.1) is 0 Å². The molecule has 0 aliphatic carbocycles. The highest BCUT2D eigenvalue weighted by Crippen LogP contribution is 2.49. The molecule has 4 N–H and O–H groups in total. The van der Waals surface area contributed by atoms with Gasteiger partial charge in [-0.3, -0.25) is 0 Å². The number of rotatable bonds is 6. The predicted molar refractivity (Wildman–Crippen MR) is 132 cm³/mol. The molecule has 1 fully saturated rings. The van der Waals surface area contributed by atoms with E-state index in [1.165, 1.54) is 14.2 Å². The third-order valence-corrected chi connectivity index (χ3v) is 7.16. The van der Waals surface area contributed by atoms with Crippen molar-refractivity contribution in [3.63, 3.8) is 0 Å². The highest BCUT2D eigenvalue weighted by atomic mass is 16.7. The van der Waals surface area contributed by atoms with Gasteiger partial charge in [-0.15, -0.1) is 0 Å². The van der Waals surface area contributed by atoms with Gasteiger partial charge in [0.15, 0.2) is 23.0 Å². The average Bonchev–Trinajstić information content (AvgIpc) is 3.58. The van der Waals surface area contributed by atoms with E-state index in [4.69, 9.17) is 33.2 Å². The number of carbonyl (C=O) groups excluding carboxylic acids is 1. The lowest BCUT2D eigenvalue weighted by molar-refractivity contribution is -0.277. The lowest BCUT2D eigenvalue weighted by Crippen LogP contribution is -2.60. The second-order valence-corrected chi connectivity index (χ2v) is 9.27. The first-order chi connectivity index (χ1) is 18.9. The van der Waals surface area contributed by atoms with Crippen molar-refractivity contribution in [3.05, 3.63) is 41.5 Å². The van der Waals surface area contributed by atoms with Gasteiger partial charge in [0.25, 0.3) is 0 Å². The maximum Gasteiger partial charge on any atom is 0.339 e. The molecule has 0 radical (unpaired) electrons. The van der Waals surface area contributed by atoms with E-state index in [1.54, 1.807) is 30.3 Å².